The Hall–Kier alpha value is -1.98. The average molecular weight is 296 g/mol. The third-order valence-electron chi connectivity index (χ3n) is 3.57. The number of benzene rings is 1. The van der Waals surface area contributed by atoms with Crippen LogP contribution in [0.1, 0.15) is 18.4 Å². The van der Waals surface area contributed by atoms with Gasteiger partial charge in [0.05, 0.1) is 14.2 Å². The van der Waals surface area contributed by atoms with Crippen molar-refractivity contribution in [3.8, 4) is 11.5 Å². The SMILES string of the molecule is COc1cc(CNC(=O)N2CCC(F)CC2)cc(OC)c1. The quantitative estimate of drug-likeness (QED) is 0.928. The summed E-state index contributed by atoms with van der Waals surface area (Å²) in [5.74, 6) is 1.36. The van der Waals surface area contributed by atoms with Gasteiger partial charge in [-0.25, -0.2) is 9.18 Å². The number of methoxy groups -OCH3 is 2. The molecule has 0 aromatic heterocycles. The molecule has 0 saturated carbocycles. The summed E-state index contributed by atoms with van der Waals surface area (Å²) in [7, 11) is 3.16. The molecule has 21 heavy (non-hydrogen) atoms. The van der Waals surface area contributed by atoms with E-state index in [0.717, 1.165) is 5.56 Å². The number of halogens is 1. The Balaban J connectivity index is 1.91. The zero-order chi connectivity index (χ0) is 15.2. The molecule has 1 aliphatic rings. The molecular weight excluding hydrogens is 275 g/mol. The Bertz CT molecular complexity index is 466. The summed E-state index contributed by atoms with van der Waals surface area (Å²) in [6, 6.07) is 5.30. The molecular formula is C15H21FN2O3. The monoisotopic (exact) mass is 296 g/mol. The number of carbonyl (C=O) groups excluding carboxylic acids is 1. The summed E-state index contributed by atoms with van der Waals surface area (Å²) in [6.45, 7) is 1.31. The van der Waals surface area contributed by atoms with E-state index in [4.69, 9.17) is 9.47 Å². The van der Waals surface area contributed by atoms with Crippen LogP contribution in [0.4, 0.5) is 9.18 Å². The number of nitrogens with one attached hydrogen (secondary N) is 1. The van der Waals surface area contributed by atoms with Gasteiger partial charge in [-0.15, -0.1) is 0 Å². The molecule has 1 aromatic carbocycles. The molecule has 1 aromatic rings. The van der Waals surface area contributed by atoms with E-state index in [1.165, 1.54) is 0 Å². The topological polar surface area (TPSA) is 50.8 Å². The molecule has 6 heteroatoms. The van der Waals surface area contributed by atoms with E-state index in [2.05, 4.69) is 5.32 Å². The fourth-order valence-corrected chi connectivity index (χ4v) is 2.31. The number of alkyl halides is 1. The first-order chi connectivity index (χ1) is 10.1. The molecule has 0 aliphatic carbocycles. The second kappa shape index (κ2) is 7.15. The minimum Gasteiger partial charge on any atom is -0.497 e. The summed E-state index contributed by atoms with van der Waals surface area (Å²) in [5.41, 5.74) is 0.889. The molecule has 0 radical (unpaired) electrons. The van der Waals surface area contributed by atoms with Gasteiger partial charge >= 0.3 is 6.03 Å². The van der Waals surface area contributed by atoms with Crippen molar-refractivity contribution in [2.75, 3.05) is 27.3 Å². The molecule has 1 N–H and O–H groups in total. The predicted molar refractivity (Wildman–Crippen MR) is 77.5 cm³/mol. The van der Waals surface area contributed by atoms with Crippen LogP contribution in [0.2, 0.25) is 0 Å². The highest BCUT2D eigenvalue weighted by atomic mass is 19.1. The molecule has 0 bridgehead atoms. The Morgan fingerprint density at radius 2 is 1.81 bits per heavy atom. The normalized spacial score (nSPS) is 15.7. The minimum atomic E-state index is -0.781. The highest BCUT2D eigenvalue weighted by molar-refractivity contribution is 5.74. The van der Waals surface area contributed by atoms with E-state index >= 15 is 0 Å². The number of likely N-dealkylation sites (tertiary alicyclic amines) is 1. The molecule has 116 valence electrons. The molecule has 1 saturated heterocycles. The number of carbonyl (C=O) groups is 1. The number of rotatable bonds is 4. The number of urea groups is 1. The number of hydrogen-bond acceptors (Lipinski definition) is 3. The maximum Gasteiger partial charge on any atom is 0.317 e. The summed E-state index contributed by atoms with van der Waals surface area (Å²) >= 11 is 0. The smallest absolute Gasteiger partial charge is 0.317 e. The molecule has 0 unspecified atom stereocenters. The van der Waals surface area contributed by atoms with Gasteiger partial charge in [0.2, 0.25) is 0 Å². The van der Waals surface area contributed by atoms with E-state index < -0.39 is 6.17 Å². The van der Waals surface area contributed by atoms with Gasteiger partial charge in [-0.3, -0.25) is 0 Å². The average Bonchev–Trinajstić information content (AvgIpc) is 2.52. The standard InChI is InChI=1S/C15H21FN2O3/c1-20-13-7-11(8-14(9-13)21-2)10-17-15(19)18-5-3-12(16)4-6-18/h7-9,12H,3-6,10H2,1-2H3,(H,17,19). The highest BCUT2D eigenvalue weighted by Gasteiger charge is 2.21. The lowest BCUT2D eigenvalue weighted by Crippen LogP contribution is -2.44. The van der Waals surface area contributed by atoms with Crippen molar-refractivity contribution in [3.63, 3.8) is 0 Å². The van der Waals surface area contributed by atoms with Crippen LogP contribution >= 0.6 is 0 Å². The van der Waals surface area contributed by atoms with Crippen molar-refractivity contribution in [2.24, 2.45) is 0 Å². The number of amides is 2. The lowest BCUT2D eigenvalue weighted by atomic mass is 10.1. The first kappa shape index (κ1) is 15.4. The number of piperidine rings is 1. The van der Waals surface area contributed by atoms with Gasteiger partial charge in [-0.2, -0.15) is 0 Å². The van der Waals surface area contributed by atoms with Crippen molar-refractivity contribution in [3.05, 3.63) is 23.8 Å². The second-order valence-electron chi connectivity index (χ2n) is 5.04. The minimum absolute atomic E-state index is 0.163. The molecule has 2 rings (SSSR count). The highest BCUT2D eigenvalue weighted by Crippen LogP contribution is 2.22. The van der Waals surface area contributed by atoms with Gasteiger partial charge in [-0.05, 0) is 30.5 Å². The van der Waals surface area contributed by atoms with Crippen LogP contribution in [-0.2, 0) is 6.54 Å². The van der Waals surface area contributed by atoms with Crippen molar-refractivity contribution in [2.45, 2.75) is 25.6 Å². The van der Waals surface area contributed by atoms with Crippen LogP contribution in [0, 0.1) is 0 Å². The predicted octanol–water partition coefficient (Wildman–Crippen LogP) is 2.35. The van der Waals surface area contributed by atoms with Gasteiger partial charge in [0, 0.05) is 25.7 Å². The fraction of sp³-hybridized carbons (Fsp3) is 0.533. The maximum atomic E-state index is 13.1. The van der Waals surface area contributed by atoms with Gasteiger partial charge in [0.15, 0.2) is 0 Å². The third kappa shape index (κ3) is 4.24. The Labute approximate surface area is 124 Å². The van der Waals surface area contributed by atoms with Crippen molar-refractivity contribution < 1.29 is 18.7 Å². The van der Waals surface area contributed by atoms with Gasteiger partial charge < -0.3 is 19.7 Å². The van der Waals surface area contributed by atoms with Crippen molar-refractivity contribution in [1.29, 1.82) is 0 Å². The van der Waals surface area contributed by atoms with Gasteiger partial charge in [0.1, 0.15) is 17.7 Å². The van der Waals surface area contributed by atoms with E-state index in [0.29, 0.717) is 44.0 Å². The third-order valence-corrected chi connectivity index (χ3v) is 3.57. The first-order valence-corrected chi connectivity index (χ1v) is 7.01. The summed E-state index contributed by atoms with van der Waals surface area (Å²) in [5, 5.41) is 2.84. The van der Waals surface area contributed by atoms with Gasteiger partial charge in [0.25, 0.3) is 0 Å². The van der Waals surface area contributed by atoms with Crippen LogP contribution in [-0.4, -0.2) is 44.4 Å². The fourth-order valence-electron chi connectivity index (χ4n) is 2.31. The molecule has 2 amide bonds. The number of nitrogens with zero attached hydrogens (tertiary/aromatic N) is 1. The Morgan fingerprint density at radius 3 is 2.33 bits per heavy atom. The van der Waals surface area contributed by atoms with E-state index in [9.17, 15) is 9.18 Å². The van der Waals surface area contributed by atoms with Crippen LogP contribution < -0.4 is 14.8 Å². The van der Waals surface area contributed by atoms with Crippen LogP contribution in [0.25, 0.3) is 0 Å². The molecule has 1 aliphatic heterocycles. The lowest BCUT2D eigenvalue weighted by Gasteiger charge is -2.28. The molecule has 1 heterocycles. The van der Waals surface area contributed by atoms with Crippen LogP contribution in [0.3, 0.4) is 0 Å². The number of ether oxygens (including phenoxy) is 2. The zero-order valence-corrected chi connectivity index (χ0v) is 12.4. The van der Waals surface area contributed by atoms with Gasteiger partial charge in [-0.1, -0.05) is 0 Å². The largest absolute Gasteiger partial charge is 0.497 e. The Kier molecular flexibility index (Phi) is 5.25. The maximum absolute atomic E-state index is 13.1. The Morgan fingerprint density at radius 1 is 1.24 bits per heavy atom. The van der Waals surface area contributed by atoms with Crippen molar-refractivity contribution >= 4 is 6.03 Å². The first-order valence-electron chi connectivity index (χ1n) is 7.01. The van der Waals surface area contributed by atoms with E-state index in [1.807, 2.05) is 12.1 Å². The van der Waals surface area contributed by atoms with Crippen LogP contribution in [0.15, 0.2) is 18.2 Å². The molecule has 1 fully saturated rings. The summed E-state index contributed by atoms with van der Waals surface area (Å²) < 4.78 is 23.4. The summed E-state index contributed by atoms with van der Waals surface area (Å²) in [4.78, 5) is 13.7. The zero-order valence-electron chi connectivity index (χ0n) is 12.4. The second-order valence-corrected chi connectivity index (χ2v) is 5.04. The van der Waals surface area contributed by atoms with Crippen molar-refractivity contribution in [1.82, 2.24) is 10.2 Å². The molecule has 0 spiro atoms. The van der Waals surface area contributed by atoms with E-state index in [1.54, 1.807) is 25.2 Å². The molecule has 0 atom stereocenters. The van der Waals surface area contributed by atoms with Crippen LogP contribution in [0.5, 0.6) is 11.5 Å². The number of hydrogen-bond donors (Lipinski definition) is 1. The summed E-state index contributed by atoms with van der Waals surface area (Å²) in [6.07, 6.45) is 0.0533. The lowest BCUT2D eigenvalue weighted by molar-refractivity contribution is 0.152. The van der Waals surface area contributed by atoms with E-state index in [-0.39, 0.29) is 6.03 Å². The molecule has 5 nitrogen and oxygen atoms in total.